The normalized spacial score (nSPS) is 21.8. The van der Waals surface area contributed by atoms with Crippen molar-refractivity contribution in [1.29, 1.82) is 0 Å². The van der Waals surface area contributed by atoms with Crippen LogP contribution >= 0.6 is 23.4 Å². The maximum atomic E-state index is 13.5. The van der Waals surface area contributed by atoms with Gasteiger partial charge in [-0.05, 0) is 48.0 Å². The van der Waals surface area contributed by atoms with Crippen molar-refractivity contribution in [3.05, 3.63) is 72.2 Å². The van der Waals surface area contributed by atoms with Crippen molar-refractivity contribution in [2.75, 3.05) is 36.5 Å². The predicted molar refractivity (Wildman–Crippen MR) is 131 cm³/mol. The third-order valence-electron chi connectivity index (χ3n) is 5.84. The number of anilines is 2. The average molecular weight is 499 g/mol. The van der Waals surface area contributed by atoms with Gasteiger partial charge in [0, 0.05) is 48.4 Å². The number of carbonyl (C=O) groups excluding carboxylic acids is 1. The number of benzene rings is 2. The number of nitrogens with one attached hydrogen (secondary N) is 1. The fourth-order valence-corrected chi connectivity index (χ4v) is 4.85. The third kappa shape index (κ3) is 5.68. The first kappa shape index (κ1) is 23.1. The van der Waals surface area contributed by atoms with E-state index in [-0.39, 0.29) is 6.42 Å². The molecule has 1 amide bonds. The van der Waals surface area contributed by atoms with Gasteiger partial charge in [-0.1, -0.05) is 35.5 Å². The summed E-state index contributed by atoms with van der Waals surface area (Å²) in [6.45, 7) is 3.38. The van der Waals surface area contributed by atoms with Crippen LogP contribution in [0.1, 0.15) is 17.8 Å². The molecule has 3 aromatic rings. The van der Waals surface area contributed by atoms with Crippen molar-refractivity contribution in [3.8, 4) is 0 Å². The molecule has 0 spiro atoms. The Morgan fingerprint density at radius 3 is 2.53 bits per heavy atom. The number of halogens is 2. The maximum Gasteiger partial charge on any atom is 0.232 e. The van der Waals surface area contributed by atoms with E-state index in [1.54, 1.807) is 18.3 Å². The van der Waals surface area contributed by atoms with Gasteiger partial charge < -0.3 is 15.0 Å². The number of aromatic nitrogens is 2. The lowest BCUT2D eigenvalue weighted by Crippen LogP contribution is -2.36. The molecule has 2 heterocycles. The fraction of sp³-hybridized carbons (Fsp3) is 0.320. The zero-order valence-electron chi connectivity index (χ0n) is 18.4. The molecule has 0 bridgehead atoms. The highest BCUT2D eigenvalue weighted by molar-refractivity contribution is 7.99. The number of hydrogen-bond donors (Lipinski definition) is 1. The Morgan fingerprint density at radius 1 is 1.15 bits per heavy atom. The Labute approximate surface area is 206 Å². The van der Waals surface area contributed by atoms with E-state index in [2.05, 4.69) is 39.5 Å². The minimum Gasteiger partial charge on any atom is -0.378 e. The van der Waals surface area contributed by atoms with E-state index in [1.165, 1.54) is 17.4 Å². The lowest BCUT2D eigenvalue weighted by atomic mass is 10.1. The second-order valence-electron chi connectivity index (χ2n) is 8.39. The number of ether oxygens (including phenoxy) is 1. The number of rotatable bonds is 7. The summed E-state index contributed by atoms with van der Waals surface area (Å²) in [7, 11) is 0. The van der Waals surface area contributed by atoms with Crippen LogP contribution in [-0.4, -0.2) is 47.3 Å². The zero-order valence-corrected chi connectivity index (χ0v) is 20.0. The number of amides is 1. The molecule has 0 radical (unpaired) electrons. The average Bonchev–Trinajstić information content (AvgIpc) is 3.50. The van der Waals surface area contributed by atoms with E-state index in [9.17, 15) is 9.18 Å². The summed E-state index contributed by atoms with van der Waals surface area (Å²) in [4.78, 5) is 24.4. The predicted octanol–water partition coefficient (Wildman–Crippen LogP) is 4.92. The van der Waals surface area contributed by atoms with E-state index >= 15 is 0 Å². The first-order valence-electron chi connectivity index (χ1n) is 11.2. The molecular weight excluding hydrogens is 475 g/mol. The van der Waals surface area contributed by atoms with Crippen molar-refractivity contribution in [2.24, 2.45) is 5.92 Å². The molecule has 1 aliphatic carbocycles. The molecule has 1 aliphatic heterocycles. The van der Waals surface area contributed by atoms with Gasteiger partial charge in [-0.3, -0.25) is 4.79 Å². The molecule has 176 valence electrons. The SMILES string of the molecule is O=C(Nc1ccc(Sc2ccnc(Cc3ccc(N4CCOCC4)cc3)n2)cc1)C1CC1(F)Cl. The highest BCUT2D eigenvalue weighted by Crippen LogP contribution is 2.51. The highest BCUT2D eigenvalue weighted by atomic mass is 35.5. The van der Waals surface area contributed by atoms with Crippen LogP contribution in [-0.2, 0) is 16.0 Å². The highest BCUT2D eigenvalue weighted by Gasteiger charge is 2.58. The van der Waals surface area contributed by atoms with E-state index in [4.69, 9.17) is 21.3 Å². The summed E-state index contributed by atoms with van der Waals surface area (Å²) in [5, 5.41) is 1.65. The Balaban J connectivity index is 1.17. The molecule has 2 atom stereocenters. The van der Waals surface area contributed by atoms with Crippen molar-refractivity contribution in [1.82, 2.24) is 9.97 Å². The standard InChI is InChI=1S/C25H24ClFN4O2S/c26-25(27)16-21(25)24(32)29-18-3-7-20(8-4-18)34-23-9-10-28-22(30-23)15-17-1-5-19(6-2-17)31-11-13-33-14-12-31/h1-10,21H,11-16H2,(H,29,32). The van der Waals surface area contributed by atoms with Gasteiger partial charge in [0.05, 0.1) is 19.1 Å². The van der Waals surface area contributed by atoms with Crippen LogP contribution in [0.4, 0.5) is 15.8 Å². The fourth-order valence-electron chi connectivity index (χ4n) is 3.81. The molecule has 6 nitrogen and oxygen atoms in total. The van der Waals surface area contributed by atoms with Crippen molar-refractivity contribution < 1.29 is 13.9 Å². The largest absolute Gasteiger partial charge is 0.378 e. The van der Waals surface area contributed by atoms with Gasteiger partial charge in [0.15, 0.2) is 5.13 Å². The van der Waals surface area contributed by atoms with Crippen molar-refractivity contribution in [2.45, 2.75) is 27.9 Å². The first-order chi connectivity index (χ1) is 16.5. The van der Waals surface area contributed by atoms with Crippen LogP contribution in [0.25, 0.3) is 0 Å². The second kappa shape index (κ2) is 9.90. The summed E-state index contributed by atoms with van der Waals surface area (Å²) in [5.41, 5.74) is 2.97. The quantitative estimate of drug-likeness (QED) is 0.368. The minimum atomic E-state index is -1.89. The van der Waals surface area contributed by atoms with Crippen LogP contribution in [0, 0.1) is 5.92 Å². The third-order valence-corrected chi connectivity index (χ3v) is 7.20. The molecule has 1 N–H and O–H groups in total. The molecule has 1 aromatic heterocycles. The molecule has 2 fully saturated rings. The first-order valence-corrected chi connectivity index (χ1v) is 12.4. The summed E-state index contributed by atoms with van der Waals surface area (Å²) in [6, 6.07) is 17.8. The van der Waals surface area contributed by atoms with Crippen LogP contribution < -0.4 is 10.2 Å². The van der Waals surface area contributed by atoms with Gasteiger partial charge in [0.2, 0.25) is 5.91 Å². The maximum absolute atomic E-state index is 13.5. The molecule has 2 unspecified atom stereocenters. The van der Waals surface area contributed by atoms with Crippen molar-refractivity contribution >= 4 is 40.6 Å². The van der Waals surface area contributed by atoms with Crippen LogP contribution in [0.2, 0.25) is 0 Å². The Hall–Kier alpha value is -2.68. The molecule has 34 heavy (non-hydrogen) atoms. The second-order valence-corrected chi connectivity index (χ2v) is 10.1. The molecule has 5 rings (SSSR count). The van der Waals surface area contributed by atoms with E-state index in [0.29, 0.717) is 12.1 Å². The van der Waals surface area contributed by atoms with Gasteiger partial charge in [-0.25, -0.2) is 14.4 Å². The van der Waals surface area contributed by atoms with Crippen LogP contribution in [0.15, 0.2) is 70.7 Å². The Kier molecular flexibility index (Phi) is 6.72. The molecule has 1 saturated heterocycles. The monoisotopic (exact) mass is 498 g/mol. The molecule has 1 saturated carbocycles. The summed E-state index contributed by atoms with van der Waals surface area (Å²) in [6.07, 6.45) is 2.48. The minimum absolute atomic E-state index is 0.0579. The number of carbonyl (C=O) groups is 1. The molecule has 9 heteroatoms. The van der Waals surface area contributed by atoms with Crippen molar-refractivity contribution in [3.63, 3.8) is 0 Å². The molecule has 2 aliphatic rings. The smallest absolute Gasteiger partial charge is 0.232 e. The van der Waals surface area contributed by atoms with Gasteiger partial charge in [-0.2, -0.15) is 0 Å². The summed E-state index contributed by atoms with van der Waals surface area (Å²) >= 11 is 7.05. The van der Waals surface area contributed by atoms with E-state index < -0.39 is 17.0 Å². The number of hydrogen-bond acceptors (Lipinski definition) is 6. The summed E-state index contributed by atoms with van der Waals surface area (Å²) < 4.78 is 18.9. The van der Waals surface area contributed by atoms with E-state index in [0.717, 1.165) is 47.6 Å². The lowest BCUT2D eigenvalue weighted by molar-refractivity contribution is -0.117. The Morgan fingerprint density at radius 2 is 1.85 bits per heavy atom. The number of morpholine rings is 1. The topological polar surface area (TPSA) is 67.4 Å². The molecule has 2 aromatic carbocycles. The lowest BCUT2D eigenvalue weighted by Gasteiger charge is -2.28. The van der Waals surface area contributed by atoms with Crippen LogP contribution in [0.5, 0.6) is 0 Å². The van der Waals surface area contributed by atoms with Gasteiger partial charge in [0.1, 0.15) is 10.9 Å². The van der Waals surface area contributed by atoms with Gasteiger partial charge >= 0.3 is 0 Å². The van der Waals surface area contributed by atoms with Gasteiger partial charge in [0.25, 0.3) is 0 Å². The number of nitrogens with zero attached hydrogens (tertiary/aromatic N) is 3. The number of alkyl halides is 2. The van der Waals surface area contributed by atoms with Gasteiger partial charge in [-0.15, -0.1) is 0 Å². The molecular formula is C25H24ClFN4O2S. The van der Waals surface area contributed by atoms with Crippen LogP contribution in [0.3, 0.4) is 0 Å². The van der Waals surface area contributed by atoms with E-state index in [1.807, 2.05) is 18.2 Å². The Bertz CT molecular complexity index is 1150. The zero-order chi connectivity index (χ0) is 23.5. The summed E-state index contributed by atoms with van der Waals surface area (Å²) in [5.74, 6) is -0.414.